The van der Waals surface area contributed by atoms with Gasteiger partial charge in [0.15, 0.2) is 0 Å². The highest BCUT2D eigenvalue weighted by atomic mass is 32.2. The number of aromatic nitrogens is 4. The molecule has 0 bridgehead atoms. The Morgan fingerprint density at radius 2 is 1.59 bits per heavy atom. The van der Waals surface area contributed by atoms with Gasteiger partial charge in [-0.2, -0.15) is 4.80 Å². The maximum absolute atomic E-state index is 12.5. The summed E-state index contributed by atoms with van der Waals surface area (Å²) in [5.41, 5.74) is 2.85. The number of hydrogen-bond donors (Lipinski definition) is 2. The quantitative estimate of drug-likeness (QED) is 0.379. The molecule has 1 amide bonds. The molecular formula is C24H24N6O3S. The molecule has 4 rings (SSSR count). The molecule has 3 aromatic carbocycles. The van der Waals surface area contributed by atoms with Gasteiger partial charge in [-0.05, 0) is 55.0 Å². The van der Waals surface area contributed by atoms with Gasteiger partial charge in [0.1, 0.15) is 0 Å². The van der Waals surface area contributed by atoms with Crippen molar-refractivity contribution < 1.29 is 13.2 Å². The Balaban J connectivity index is 1.25. The Labute approximate surface area is 197 Å². The lowest BCUT2D eigenvalue weighted by Gasteiger charge is -2.10. The highest BCUT2D eigenvalue weighted by Gasteiger charge is 2.14. The first-order chi connectivity index (χ1) is 16.4. The molecule has 0 atom stereocenters. The van der Waals surface area contributed by atoms with Crippen LogP contribution in [0.4, 0.5) is 11.4 Å². The molecule has 0 aliphatic rings. The van der Waals surface area contributed by atoms with E-state index in [1.165, 1.54) is 4.80 Å². The number of nitrogens with one attached hydrogen (secondary N) is 2. The Hall–Kier alpha value is -4.05. The van der Waals surface area contributed by atoms with E-state index in [4.69, 9.17) is 0 Å². The van der Waals surface area contributed by atoms with Gasteiger partial charge in [0.2, 0.25) is 11.7 Å². The summed E-state index contributed by atoms with van der Waals surface area (Å²) in [6, 6.07) is 22.7. The van der Waals surface area contributed by atoms with Crippen LogP contribution in [0.2, 0.25) is 0 Å². The van der Waals surface area contributed by atoms with Crippen molar-refractivity contribution in [3.05, 3.63) is 84.4 Å². The van der Waals surface area contributed by atoms with Crippen LogP contribution in [0.25, 0.3) is 11.4 Å². The first kappa shape index (κ1) is 23.1. The summed E-state index contributed by atoms with van der Waals surface area (Å²) in [5, 5.41) is 15.2. The number of anilines is 2. The summed E-state index contributed by atoms with van der Waals surface area (Å²) in [7, 11) is -3.68. The lowest BCUT2D eigenvalue weighted by molar-refractivity contribution is -0.116. The molecule has 9 nitrogen and oxygen atoms in total. The Bertz CT molecular complexity index is 1350. The van der Waals surface area contributed by atoms with Gasteiger partial charge >= 0.3 is 0 Å². The predicted octanol–water partition coefficient (Wildman–Crippen LogP) is 3.87. The maximum atomic E-state index is 12.5. The molecule has 0 saturated carbocycles. The number of hydrogen-bond acceptors (Lipinski definition) is 6. The number of nitrogens with zero attached hydrogens (tertiary/aromatic N) is 4. The zero-order valence-corrected chi connectivity index (χ0v) is 19.4. The summed E-state index contributed by atoms with van der Waals surface area (Å²) < 4.78 is 27.5. The van der Waals surface area contributed by atoms with Crippen molar-refractivity contribution in [1.29, 1.82) is 0 Å². The Morgan fingerprint density at radius 1 is 0.912 bits per heavy atom. The fourth-order valence-electron chi connectivity index (χ4n) is 3.20. The fraction of sp³-hybridized carbons (Fsp3) is 0.167. The number of benzene rings is 3. The fourth-order valence-corrected chi connectivity index (χ4v) is 4.26. The van der Waals surface area contributed by atoms with Crippen molar-refractivity contribution in [2.45, 2.75) is 31.2 Å². The van der Waals surface area contributed by atoms with Crippen LogP contribution in [0, 0.1) is 6.92 Å². The third-order valence-corrected chi connectivity index (χ3v) is 6.40. The van der Waals surface area contributed by atoms with Crippen LogP contribution in [0.15, 0.2) is 83.8 Å². The average molecular weight is 477 g/mol. The number of rotatable bonds is 9. The van der Waals surface area contributed by atoms with E-state index in [-0.39, 0.29) is 17.2 Å². The molecule has 0 radical (unpaired) electrons. The van der Waals surface area contributed by atoms with Crippen molar-refractivity contribution in [2.24, 2.45) is 0 Å². The van der Waals surface area contributed by atoms with Gasteiger partial charge in [-0.15, -0.1) is 10.2 Å². The molecular weight excluding hydrogens is 452 g/mol. The van der Waals surface area contributed by atoms with Gasteiger partial charge in [-0.25, -0.2) is 8.42 Å². The highest BCUT2D eigenvalue weighted by Crippen LogP contribution is 2.19. The molecule has 0 unspecified atom stereocenters. The van der Waals surface area contributed by atoms with Crippen molar-refractivity contribution in [3.63, 3.8) is 0 Å². The van der Waals surface area contributed by atoms with Crippen molar-refractivity contribution in [3.8, 4) is 11.4 Å². The van der Waals surface area contributed by atoms with E-state index < -0.39 is 10.0 Å². The second kappa shape index (κ2) is 10.3. The number of carbonyl (C=O) groups is 1. The largest absolute Gasteiger partial charge is 0.326 e. The molecule has 0 fully saturated rings. The summed E-state index contributed by atoms with van der Waals surface area (Å²) in [6.07, 6.45) is 0.828. The van der Waals surface area contributed by atoms with Gasteiger partial charge in [0.05, 0.1) is 11.4 Å². The SMILES string of the molecule is Cc1ccc(S(=O)(=O)Nc2ccc(NC(=O)CCCn3nnc(-c4ccccc4)n3)cc2)cc1. The van der Waals surface area contributed by atoms with Crippen LogP contribution in [-0.4, -0.2) is 34.5 Å². The van der Waals surface area contributed by atoms with Crippen LogP contribution in [0.5, 0.6) is 0 Å². The topological polar surface area (TPSA) is 119 Å². The van der Waals surface area contributed by atoms with E-state index in [1.807, 2.05) is 37.3 Å². The first-order valence-corrected chi connectivity index (χ1v) is 12.2. The van der Waals surface area contributed by atoms with Crippen molar-refractivity contribution >= 4 is 27.3 Å². The van der Waals surface area contributed by atoms with Gasteiger partial charge in [0, 0.05) is 23.4 Å². The van der Waals surface area contributed by atoms with Crippen LogP contribution in [-0.2, 0) is 21.4 Å². The minimum Gasteiger partial charge on any atom is -0.326 e. The van der Waals surface area contributed by atoms with E-state index in [2.05, 4.69) is 25.4 Å². The summed E-state index contributed by atoms with van der Waals surface area (Å²) in [5.74, 6) is 0.388. The van der Waals surface area contributed by atoms with Crippen LogP contribution < -0.4 is 10.0 Å². The molecule has 34 heavy (non-hydrogen) atoms. The normalized spacial score (nSPS) is 11.2. The minimum atomic E-state index is -3.68. The predicted molar refractivity (Wildman–Crippen MR) is 130 cm³/mol. The second-order valence-electron chi connectivity index (χ2n) is 7.72. The molecule has 0 spiro atoms. The van der Waals surface area contributed by atoms with E-state index in [0.717, 1.165) is 11.1 Å². The van der Waals surface area contributed by atoms with Crippen LogP contribution in [0.1, 0.15) is 18.4 Å². The number of sulfonamides is 1. The maximum Gasteiger partial charge on any atom is 0.261 e. The lowest BCUT2D eigenvalue weighted by atomic mass is 10.2. The number of amides is 1. The third kappa shape index (κ3) is 6.04. The van der Waals surface area contributed by atoms with Gasteiger partial charge in [-0.3, -0.25) is 9.52 Å². The molecule has 10 heteroatoms. The smallest absolute Gasteiger partial charge is 0.261 e. The Morgan fingerprint density at radius 3 is 2.29 bits per heavy atom. The molecule has 174 valence electrons. The molecule has 0 saturated heterocycles. The highest BCUT2D eigenvalue weighted by molar-refractivity contribution is 7.92. The summed E-state index contributed by atoms with van der Waals surface area (Å²) >= 11 is 0. The molecule has 1 heterocycles. The second-order valence-corrected chi connectivity index (χ2v) is 9.41. The molecule has 0 aliphatic heterocycles. The summed E-state index contributed by atoms with van der Waals surface area (Å²) in [6.45, 7) is 2.36. The monoisotopic (exact) mass is 476 g/mol. The van der Waals surface area contributed by atoms with Gasteiger partial charge in [-0.1, -0.05) is 48.0 Å². The number of carbonyl (C=O) groups excluding carboxylic acids is 1. The van der Waals surface area contributed by atoms with Crippen molar-refractivity contribution in [1.82, 2.24) is 20.2 Å². The van der Waals surface area contributed by atoms with Gasteiger partial charge in [0.25, 0.3) is 10.0 Å². The third-order valence-electron chi connectivity index (χ3n) is 5.00. The van der Waals surface area contributed by atoms with E-state index in [9.17, 15) is 13.2 Å². The van der Waals surface area contributed by atoms with Crippen LogP contribution in [0.3, 0.4) is 0 Å². The molecule has 1 aromatic heterocycles. The number of aryl methyl sites for hydroxylation is 2. The molecule has 0 aliphatic carbocycles. The van der Waals surface area contributed by atoms with E-state index in [0.29, 0.717) is 30.2 Å². The zero-order chi connectivity index (χ0) is 24.0. The minimum absolute atomic E-state index is 0.156. The van der Waals surface area contributed by atoms with Crippen LogP contribution >= 0.6 is 0 Å². The Kier molecular flexibility index (Phi) is 6.98. The first-order valence-electron chi connectivity index (χ1n) is 10.7. The lowest BCUT2D eigenvalue weighted by Crippen LogP contribution is -2.14. The summed E-state index contributed by atoms with van der Waals surface area (Å²) in [4.78, 5) is 13.9. The molecule has 4 aromatic rings. The van der Waals surface area contributed by atoms with Gasteiger partial charge < -0.3 is 5.32 Å². The van der Waals surface area contributed by atoms with E-state index >= 15 is 0 Å². The average Bonchev–Trinajstić information content (AvgIpc) is 3.30. The van der Waals surface area contributed by atoms with Crippen molar-refractivity contribution in [2.75, 3.05) is 10.0 Å². The standard InChI is InChI=1S/C24H24N6O3S/c1-18-9-15-22(16-10-18)34(32,33)28-21-13-11-20(12-14-21)25-23(31)8-5-17-30-27-24(26-29-30)19-6-3-2-4-7-19/h2-4,6-7,9-16,28H,5,8,17H2,1H3,(H,25,31). The molecule has 2 N–H and O–H groups in total. The van der Waals surface area contributed by atoms with E-state index in [1.54, 1.807) is 48.5 Å². The number of tetrazole rings is 1. The zero-order valence-electron chi connectivity index (χ0n) is 18.5.